The van der Waals surface area contributed by atoms with E-state index in [0.717, 1.165) is 58.5 Å². The summed E-state index contributed by atoms with van der Waals surface area (Å²) in [6.45, 7) is 5.96. The minimum atomic E-state index is -0.425. The van der Waals surface area contributed by atoms with Crippen molar-refractivity contribution in [3.63, 3.8) is 0 Å². The molecule has 3 aliphatic rings. The SMILES string of the molecule is Cl.NC(=O)C1(N2CCCCC2)CCN(CCCN2c3ccccc3C=Cc3ccccc32)CC1.O. The van der Waals surface area contributed by atoms with Crippen LogP contribution in [0.3, 0.4) is 0 Å². The molecule has 35 heavy (non-hydrogen) atoms. The van der Waals surface area contributed by atoms with E-state index in [1.807, 2.05) is 0 Å². The number of carbonyl (C=O) groups excluding carboxylic acids is 1. The summed E-state index contributed by atoms with van der Waals surface area (Å²) < 4.78 is 0. The molecule has 0 radical (unpaired) electrons. The highest BCUT2D eigenvalue weighted by Crippen LogP contribution is 2.36. The van der Waals surface area contributed by atoms with Crippen molar-refractivity contribution in [3.05, 3.63) is 59.7 Å². The molecule has 0 aliphatic carbocycles. The number of primary amides is 1. The van der Waals surface area contributed by atoms with Gasteiger partial charge in [0.1, 0.15) is 5.54 Å². The first-order chi connectivity index (χ1) is 16.2. The van der Waals surface area contributed by atoms with Gasteiger partial charge in [-0.25, -0.2) is 0 Å². The molecule has 0 bridgehead atoms. The van der Waals surface area contributed by atoms with Crippen LogP contribution in [0.15, 0.2) is 48.5 Å². The number of fused-ring (bicyclic) bond motifs is 2. The first-order valence-electron chi connectivity index (χ1n) is 12.6. The van der Waals surface area contributed by atoms with Gasteiger partial charge in [-0.15, -0.1) is 12.4 Å². The third kappa shape index (κ3) is 5.56. The van der Waals surface area contributed by atoms with E-state index < -0.39 is 5.54 Å². The summed E-state index contributed by atoms with van der Waals surface area (Å²) in [7, 11) is 0. The first-order valence-corrected chi connectivity index (χ1v) is 12.6. The van der Waals surface area contributed by atoms with Crippen LogP contribution in [-0.2, 0) is 4.79 Å². The van der Waals surface area contributed by atoms with E-state index in [2.05, 4.69) is 75.4 Å². The Morgan fingerprint density at radius 1 is 0.800 bits per heavy atom. The zero-order chi connectivity index (χ0) is 22.7. The summed E-state index contributed by atoms with van der Waals surface area (Å²) in [5, 5.41) is 0. The molecule has 0 unspecified atom stereocenters. The van der Waals surface area contributed by atoms with Crippen molar-refractivity contribution in [1.82, 2.24) is 9.80 Å². The number of amides is 1. The Morgan fingerprint density at radius 3 is 1.89 bits per heavy atom. The lowest BCUT2D eigenvalue weighted by molar-refractivity contribution is -0.134. The second-order valence-electron chi connectivity index (χ2n) is 9.74. The monoisotopic (exact) mass is 498 g/mol. The number of rotatable bonds is 6. The van der Waals surface area contributed by atoms with E-state index in [9.17, 15) is 4.79 Å². The third-order valence-electron chi connectivity index (χ3n) is 7.86. The lowest BCUT2D eigenvalue weighted by atomic mass is 9.83. The molecular weight excluding hydrogens is 460 g/mol. The Balaban J connectivity index is 0.00000171. The summed E-state index contributed by atoms with van der Waals surface area (Å²) in [5.41, 5.74) is 10.6. The minimum Gasteiger partial charge on any atom is -0.412 e. The zero-order valence-electron chi connectivity index (χ0n) is 20.5. The van der Waals surface area contributed by atoms with Crippen LogP contribution in [0.5, 0.6) is 0 Å². The van der Waals surface area contributed by atoms with Gasteiger partial charge in [-0.1, -0.05) is 55.0 Å². The molecule has 0 aromatic heterocycles. The lowest BCUT2D eigenvalue weighted by Gasteiger charge is -2.48. The normalized spacial score (nSPS) is 19.5. The van der Waals surface area contributed by atoms with Crippen LogP contribution in [0.2, 0.25) is 0 Å². The van der Waals surface area contributed by atoms with Crippen LogP contribution in [0.4, 0.5) is 11.4 Å². The summed E-state index contributed by atoms with van der Waals surface area (Å²) in [5.74, 6) is -0.116. The molecule has 6 nitrogen and oxygen atoms in total. The van der Waals surface area contributed by atoms with Gasteiger partial charge in [-0.3, -0.25) is 9.69 Å². The van der Waals surface area contributed by atoms with Gasteiger partial charge < -0.3 is 21.0 Å². The van der Waals surface area contributed by atoms with Crippen molar-refractivity contribution < 1.29 is 10.3 Å². The highest BCUT2D eigenvalue weighted by Gasteiger charge is 2.44. The number of hydrogen-bond donors (Lipinski definition) is 1. The minimum absolute atomic E-state index is 0. The quantitative estimate of drug-likeness (QED) is 0.649. The van der Waals surface area contributed by atoms with Crippen LogP contribution in [0.25, 0.3) is 12.2 Å². The molecule has 0 atom stereocenters. The van der Waals surface area contributed by atoms with E-state index in [1.54, 1.807) is 0 Å². The van der Waals surface area contributed by atoms with Crippen molar-refractivity contribution >= 4 is 41.8 Å². The van der Waals surface area contributed by atoms with Crippen molar-refractivity contribution in [1.29, 1.82) is 0 Å². The molecule has 190 valence electrons. The number of likely N-dealkylation sites (tertiary alicyclic amines) is 2. The van der Waals surface area contributed by atoms with E-state index >= 15 is 0 Å². The van der Waals surface area contributed by atoms with Crippen LogP contribution in [0.1, 0.15) is 49.7 Å². The van der Waals surface area contributed by atoms with Crippen molar-refractivity contribution in [2.45, 2.75) is 44.1 Å². The number of nitrogens with zero attached hydrogens (tertiary/aromatic N) is 3. The van der Waals surface area contributed by atoms with Crippen LogP contribution < -0.4 is 10.6 Å². The standard InChI is InChI=1S/C28H36N4O.ClH.H2O/c29-27(33)28(31-18-6-1-7-19-31)15-21-30(22-16-28)17-8-20-32-25-11-4-2-9-23(25)13-14-24-10-3-5-12-26(24)32;;/h2-5,9-14H,1,6-8,15-22H2,(H2,29,33);1H;1H2. The van der Waals surface area contributed by atoms with Crippen LogP contribution >= 0.6 is 12.4 Å². The Kier molecular flexibility index (Phi) is 9.36. The van der Waals surface area contributed by atoms with Crippen molar-refractivity contribution in [2.75, 3.05) is 44.2 Å². The number of carbonyl (C=O) groups is 1. The molecule has 0 spiro atoms. The number of nitrogens with two attached hydrogens (primary N) is 1. The average Bonchev–Trinajstić information content (AvgIpc) is 3.02. The number of halogens is 1. The van der Waals surface area contributed by atoms with E-state index in [0.29, 0.717) is 0 Å². The molecule has 2 aromatic carbocycles. The maximum absolute atomic E-state index is 12.5. The van der Waals surface area contributed by atoms with Gasteiger partial charge in [-0.05, 0) is 75.0 Å². The van der Waals surface area contributed by atoms with E-state index in [1.165, 1.54) is 41.8 Å². The Bertz CT molecular complexity index is 964. The summed E-state index contributed by atoms with van der Waals surface area (Å²) in [6.07, 6.45) is 10.9. The van der Waals surface area contributed by atoms with Gasteiger partial charge in [-0.2, -0.15) is 0 Å². The smallest absolute Gasteiger partial charge is 0.238 e. The number of benzene rings is 2. The predicted octanol–water partition coefficient (Wildman–Crippen LogP) is 4.10. The Morgan fingerprint density at radius 2 is 1.34 bits per heavy atom. The molecule has 0 saturated carbocycles. The molecule has 2 aromatic rings. The molecule has 1 amide bonds. The second kappa shape index (κ2) is 12.0. The second-order valence-corrected chi connectivity index (χ2v) is 9.74. The fourth-order valence-electron chi connectivity index (χ4n) is 5.94. The highest BCUT2D eigenvalue weighted by molar-refractivity contribution is 5.88. The van der Waals surface area contributed by atoms with Crippen LogP contribution in [-0.4, -0.2) is 66.0 Å². The molecule has 2 saturated heterocycles. The molecule has 7 heteroatoms. The Labute approximate surface area is 215 Å². The first kappa shape index (κ1) is 27.2. The topological polar surface area (TPSA) is 84.3 Å². The third-order valence-corrected chi connectivity index (χ3v) is 7.86. The van der Waals surface area contributed by atoms with Crippen molar-refractivity contribution in [2.24, 2.45) is 5.73 Å². The number of anilines is 2. The fraction of sp³-hybridized carbons (Fsp3) is 0.464. The fourth-order valence-corrected chi connectivity index (χ4v) is 5.94. The van der Waals surface area contributed by atoms with Gasteiger partial charge in [0.05, 0.1) is 0 Å². The van der Waals surface area contributed by atoms with Gasteiger partial charge in [0.25, 0.3) is 0 Å². The van der Waals surface area contributed by atoms with Gasteiger partial charge in [0, 0.05) is 31.0 Å². The lowest BCUT2D eigenvalue weighted by Crippen LogP contribution is -2.63. The molecule has 5 rings (SSSR count). The summed E-state index contributed by atoms with van der Waals surface area (Å²) >= 11 is 0. The molecule has 4 N–H and O–H groups in total. The van der Waals surface area contributed by atoms with Gasteiger partial charge in [0.15, 0.2) is 0 Å². The average molecular weight is 499 g/mol. The molecule has 2 fully saturated rings. The van der Waals surface area contributed by atoms with Gasteiger partial charge >= 0.3 is 0 Å². The number of hydrogen-bond acceptors (Lipinski definition) is 4. The largest absolute Gasteiger partial charge is 0.412 e. The summed E-state index contributed by atoms with van der Waals surface area (Å²) in [6, 6.07) is 17.3. The summed E-state index contributed by atoms with van der Waals surface area (Å²) in [4.78, 5) is 19.9. The zero-order valence-corrected chi connectivity index (χ0v) is 21.3. The van der Waals surface area contributed by atoms with E-state index in [-0.39, 0.29) is 23.8 Å². The Hall–Kier alpha value is -2.38. The predicted molar refractivity (Wildman–Crippen MR) is 147 cm³/mol. The maximum atomic E-state index is 12.5. The molecule has 3 heterocycles. The van der Waals surface area contributed by atoms with Gasteiger partial charge in [0.2, 0.25) is 5.91 Å². The highest BCUT2D eigenvalue weighted by atomic mass is 35.5. The molecular formula is C28H39ClN4O2. The maximum Gasteiger partial charge on any atom is 0.238 e. The van der Waals surface area contributed by atoms with Crippen LogP contribution in [0, 0.1) is 0 Å². The van der Waals surface area contributed by atoms with E-state index in [4.69, 9.17) is 5.73 Å². The molecule has 3 aliphatic heterocycles. The number of piperidine rings is 2. The van der Waals surface area contributed by atoms with Crippen molar-refractivity contribution in [3.8, 4) is 0 Å². The number of para-hydroxylation sites is 2.